The van der Waals surface area contributed by atoms with Gasteiger partial charge in [0, 0.05) is 62.2 Å². The maximum Gasteiger partial charge on any atom is 0.171 e. The van der Waals surface area contributed by atoms with Crippen molar-refractivity contribution in [2.75, 3.05) is 11.9 Å². The van der Waals surface area contributed by atoms with Gasteiger partial charge in [-0.15, -0.1) is 0 Å². The smallest absolute Gasteiger partial charge is 0.171 e. The number of hydrogen-bond acceptors (Lipinski definition) is 6. The molecule has 66 heavy (non-hydrogen) atoms. The van der Waals surface area contributed by atoms with Crippen molar-refractivity contribution in [3.05, 3.63) is 187 Å². The zero-order valence-corrected chi connectivity index (χ0v) is 41.0. The molecular weight excluding hydrogens is 847 g/mol. The second-order valence-electron chi connectivity index (χ2n) is 17.7. The Balaban J connectivity index is 1.19. The van der Waals surface area contributed by atoms with E-state index in [0.717, 1.165) is 134 Å². The van der Waals surface area contributed by atoms with Crippen LogP contribution in [0, 0.1) is 0 Å². The van der Waals surface area contributed by atoms with E-state index in [4.69, 9.17) is 17.2 Å². The molecule has 0 saturated carbocycles. The summed E-state index contributed by atoms with van der Waals surface area (Å²) < 4.78 is 31.2. The van der Waals surface area contributed by atoms with Crippen LogP contribution in [0.2, 0.25) is 0 Å². The molecule has 0 aliphatic rings. The Bertz CT molecular complexity index is 2660. The lowest BCUT2D eigenvalue weighted by atomic mass is 9.99. The molecule has 8 heteroatoms. The molecule has 0 saturated heterocycles. The predicted molar refractivity (Wildman–Crippen MR) is 285 cm³/mol. The molecule has 0 heterocycles. The van der Waals surface area contributed by atoms with Gasteiger partial charge in [-0.3, -0.25) is 0 Å². The van der Waals surface area contributed by atoms with Crippen molar-refractivity contribution in [2.45, 2.75) is 97.2 Å². The third-order valence-corrected chi connectivity index (χ3v) is 19.1. The number of anilines is 1. The molecule has 0 aromatic heterocycles. The molecule has 6 nitrogen and oxygen atoms in total. The minimum absolute atomic E-state index is 0.0524. The van der Waals surface area contributed by atoms with Crippen molar-refractivity contribution in [3.8, 4) is 22.3 Å². The third kappa shape index (κ3) is 10.8. The molecule has 7 N–H and O–H groups in total. The maximum absolute atomic E-state index is 15.6. The summed E-state index contributed by atoms with van der Waals surface area (Å²) in [5, 5.41) is 8.15. The quantitative estimate of drug-likeness (QED) is 0.0420. The van der Waals surface area contributed by atoms with Gasteiger partial charge in [0.2, 0.25) is 0 Å². The van der Waals surface area contributed by atoms with Gasteiger partial charge in [-0.2, -0.15) is 0 Å². The fraction of sp³-hybridized carbons (Fsp3) is 0.276. The van der Waals surface area contributed by atoms with Crippen LogP contribution in [-0.4, -0.2) is 6.54 Å². The molecule has 7 aromatic rings. The maximum atomic E-state index is 15.6. The second-order valence-corrected chi connectivity index (χ2v) is 23.2. The predicted octanol–water partition coefficient (Wildman–Crippen LogP) is 11.9. The zero-order chi connectivity index (χ0) is 46.7. The van der Waals surface area contributed by atoms with Crippen LogP contribution in [0.25, 0.3) is 22.3 Å². The van der Waals surface area contributed by atoms with Gasteiger partial charge in [-0.05, 0) is 95.0 Å². The second kappa shape index (κ2) is 22.4. The third-order valence-electron chi connectivity index (χ3n) is 12.9. The molecule has 4 unspecified atom stereocenters. The normalized spacial score (nSPS) is 14.7. The van der Waals surface area contributed by atoms with Crippen LogP contribution in [0.1, 0.15) is 114 Å². The Kier molecular flexibility index (Phi) is 16.5. The SMILES string of the molecule is CCCCNc1ccc(P(=O)(c2ccc(-c3cccc(-c4ccc(P(=O)(c5ccc(C(N)CCC)cc5)c5ccc(C(N)CCC)cc5)cc4)c3)cc2)c2ccc(C(N)CCC)cc2)cc1. The Hall–Kier alpha value is -5.32. The average Bonchev–Trinajstić information content (AvgIpc) is 3.36. The fourth-order valence-corrected chi connectivity index (χ4v) is 14.1. The lowest BCUT2D eigenvalue weighted by Gasteiger charge is -2.22. The van der Waals surface area contributed by atoms with E-state index in [9.17, 15) is 0 Å². The van der Waals surface area contributed by atoms with Crippen LogP contribution in [0.3, 0.4) is 0 Å². The van der Waals surface area contributed by atoms with E-state index in [0.29, 0.717) is 0 Å². The summed E-state index contributed by atoms with van der Waals surface area (Å²) in [4.78, 5) is 0. The van der Waals surface area contributed by atoms with Gasteiger partial charge in [0.05, 0.1) is 0 Å². The molecule has 0 aliphatic heterocycles. The number of unbranched alkanes of at least 4 members (excludes halogenated alkanes) is 1. The van der Waals surface area contributed by atoms with E-state index < -0.39 is 14.3 Å². The highest BCUT2D eigenvalue weighted by Gasteiger charge is 2.32. The Morgan fingerprint density at radius 2 is 0.697 bits per heavy atom. The highest BCUT2D eigenvalue weighted by atomic mass is 31.2. The van der Waals surface area contributed by atoms with Crippen LogP contribution in [0.4, 0.5) is 5.69 Å². The van der Waals surface area contributed by atoms with E-state index in [1.807, 2.05) is 121 Å². The molecule has 0 bridgehead atoms. The van der Waals surface area contributed by atoms with E-state index in [1.165, 1.54) is 0 Å². The first-order valence-corrected chi connectivity index (χ1v) is 27.4. The van der Waals surface area contributed by atoms with Gasteiger partial charge in [0.15, 0.2) is 14.3 Å². The minimum atomic E-state index is -3.27. The molecule has 0 aliphatic carbocycles. The van der Waals surface area contributed by atoms with Crippen molar-refractivity contribution in [2.24, 2.45) is 17.2 Å². The van der Waals surface area contributed by atoms with Crippen LogP contribution < -0.4 is 54.3 Å². The first kappa shape index (κ1) is 48.6. The highest BCUT2D eigenvalue weighted by Crippen LogP contribution is 2.45. The Morgan fingerprint density at radius 1 is 0.394 bits per heavy atom. The summed E-state index contributed by atoms with van der Waals surface area (Å²) in [5.41, 5.74) is 27.8. The summed E-state index contributed by atoms with van der Waals surface area (Å²) in [6.07, 6.45) is 7.89. The summed E-state index contributed by atoms with van der Waals surface area (Å²) >= 11 is 0. The van der Waals surface area contributed by atoms with Crippen molar-refractivity contribution < 1.29 is 9.13 Å². The summed E-state index contributed by atoms with van der Waals surface area (Å²) in [5.74, 6) is 0. The average molecular weight is 915 g/mol. The number of nitrogens with two attached hydrogens (primary N) is 3. The molecule has 0 spiro atoms. The number of hydrogen-bond donors (Lipinski definition) is 4. The van der Waals surface area contributed by atoms with E-state index in [2.05, 4.69) is 81.5 Å². The summed E-state index contributed by atoms with van der Waals surface area (Å²) in [6, 6.07) is 56.9. The molecule has 7 rings (SSSR count). The molecular formula is C58H68N4O2P2. The monoisotopic (exact) mass is 914 g/mol. The van der Waals surface area contributed by atoms with Crippen molar-refractivity contribution in [1.29, 1.82) is 0 Å². The topological polar surface area (TPSA) is 124 Å². The lowest BCUT2D eigenvalue weighted by molar-refractivity contribution is 0.591. The standard InChI is InChI=1S/C58H68N4O2P2/c1-5-9-40-62-49-26-38-55(39-27-49)66(64,54-36-24-46(25-37-54)58(61)13-8-4)51-30-18-43(19-31-51)48-15-10-14-47(41-48)42-16-28-50(29-17-42)65(63,52-32-20-44(21-33-52)56(59)11-6-2)53-34-22-45(23-35-53)57(60)12-7-3/h10,14-39,41,56-58,62H,5-9,11-13,40,59-61H2,1-4H3. The van der Waals surface area contributed by atoms with E-state index in [-0.39, 0.29) is 18.1 Å². The number of rotatable bonds is 21. The van der Waals surface area contributed by atoms with Crippen molar-refractivity contribution in [3.63, 3.8) is 0 Å². The van der Waals surface area contributed by atoms with E-state index in [1.54, 1.807) is 0 Å². The van der Waals surface area contributed by atoms with Gasteiger partial charge in [0.25, 0.3) is 0 Å². The molecule has 0 fully saturated rings. The molecule has 342 valence electrons. The van der Waals surface area contributed by atoms with Crippen molar-refractivity contribution in [1.82, 2.24) is 0 Å². The van der Waals surface area contributed by atoms with Gasteiger partial charge < -0.3 is 31.6 Å². The lowest BCUT2D eigenvalue weighted by Crippen LogP contribution is -2.25. The zero-order valence-electron chi connectivity index (χ0n) is 39.2. The summed E-state index contributed by atoms with van der Waals surface area (Å²) in [6.45, 7) is 9.49. The van der Waals surface area contributed by atoms with E-state index >= 15 is 9.13 Å². The van der Waals surface area contributed by atoms with Gasteiger partial charge in [-0.1, -0.05) is 193 Å². The first-order valence-electron chi connectivity index (χ1n) is 24.0. The Morgan fingerprint density at radius 3 is 1.00 bits per heavy atom. The number of nitrogens with one attached hydrogen (secondary N) is 1. The first-order chi connectivity index (χ1) is 32.0. The van der Waals surface area contributed by atoms with Crippen LogP contribution in [0.5, 0.6) is 0 Å². The largest absolute Gasteiger partial charge is 0.385 e. The van der Waals surface area contributed by atoms with Crippen LogP contribution in [0.15, 0.2) is 170 Å². The fourth-order valence-electron chi connectivity index (χ4n) is 8.93. The Labute approximate surface area is 394 Å². The molecule has 7 aromatic carbocycles. The van der Waals surface area contributed by atoms with Gasteiger partial charge in [-0.25, -0.2) is 0 Å². The van der Waals surface area contributed by atoms with Gasteiger partial charge in [0.1, 0.15) is 0 Å². The summed E-state index contributed by atoms with van der Waals surface area (Å²) in [7, 11) is -6.52. The number of benzene rings is 7. The van der Waals surface area contributed by atoms with Crippen molar-refractivity contribution >= 4 is 51.8 Å². The van der Waals surface area contributed by atoms with Gasteiger partial charge >= 0.3 is 0 Å². The highest BCUT2D eigenvalue weighted by molar-refractivity contribution is 7.85. The molecule has 0 amide bonds. The minimum Gasteiger partial charge on any atom is -0.385 e. The van der Waals surface area contributed by atoms with Crippen LogP contribution >= 0.6 is 14.3 Å². The molecule has 4 atom stereocenters. The molecule has 0 radical (unpaired) electrons. The van der Waals surface area contributed by atoms with Crippen LogP contribution in [-0.2, 0) is 9.13 Å².